The van der Waals surface area contributed by atoms with E-state index >= 15 is 0 Å². The second kappa shape index (κ2) is 6.28. The van der Waals surface area contributed by atoms with Gasteiger partial charge in [0.2, 0.25) is 0 Å². The normalized spacial score (nSPS) is 12.3. The summed E-state index contributed by atoms with van der Waals surface area (Å²) in [6.07, 6.45) is -0.298. The third-order valence-corrected chi connectivity index (χ3v) is 3.21. The second-order valence-electron chi connectivity index (χ2n) is 4.89. The fourth-order valence-electron chi connectivity index (χ4n) is 1.47. The van der Waals surface area contributed by atoms with Crippen molar-refractivity contribution in [2.24, 2.45) is 5.92 Å². The smallest absolute Gasteiger partial charge is 0.410 e. The van der Waals surface area contributed by atoms with Gasteiger partial charge in [-0.05, 0) is 30.5 Å². The summed E-state index contributed by atoms with van der Waals surface area (Å²) in [7, 11) is 1.76. The highest BCUT2D eigenvalue weighted by Crippen LogP contribution is 2.11. The van der Waals surface area contributed by atoms with Gasteiger partial charge in [-0.2, -0.15) is 0 Å². The van der Waals surface area contributed by atoms with Crippen LogP contribution >= 0.6 is 0 Å². The molecule has 0 spiro atoms. The lowest BCUT2D eigenvalue weighted by Gasteiger charge is -2.27. The van der Waals surface area contributed by atoms with Crippen molar-refractivity contribution in [3.05, 3.63) is 29.8 Å². The Balaban J connectivity index is 2.48. The highest BCUT2D eigenvalue weighted by atomic mass is 16.6. The number of nitrogens with two attached hydrogens (primary N) is 1. The summed E-state index contributed by atoms with van der Waals surface area (Å²) in [6, 6.07) is 7.46. The maximum absolute atomic E-state index is 11.8. The summed E-state index contributed by atoms with van der Waals surface area (Å²) in [4.78, 5) is 13.4. The fraction of sp³-hybridized carbons (Fsp3) is 0.500. The fourth-order valence-corrected chi connectivity index (χ4v) is 1.47. The Morgan fingerprint density at radius 1 is 1.28 bits per heavy atom. The lowest BCUT2D eigenvalue weighted by Crippen LogP contribution is -2.38. The molecule has 1 unspecified atom stereocenters. The molecule has 1 atom stereocenters. The molecule has 1 rings (SSSR count). The molecule has 18 heavy (non-hydrogen) atoms. The quantitative estimate of drug-likeness (QED) is 0.836. The Labute approximate surface area is 109 Å². The number of benzene rings is 1. The SMILES string of the molecule is CC(C)C(C)N(C)C(=O)OCc1ccc(N)cc1. The van der Waals surface area contributed by atoms with E-state index in [0.717, 1.165) is 5.56 Å². The number of amides is 1. The molecule has 0 aliphatic carbocycles. The monoisotopic (exact) mass is 250 g/mol. The van der Waals surface area contributed by atoms with Crippen molar-refractivity contribution < 1.29 is 9.53 Å². The van der Waals surface area contributed by atoms with Crippen LogP contribution in [0.1, 0.15) is 26.3 Å². The molecule has 0 radical (unpaired) electrons. The Bertz CT molecular complexity index is 387. The molecule has 1 aromatic carbocycles. The number of ether oxygens (including phenoxy) is 1. The van der Waals surface area contributed by atoms with Gasteiger partial charge < -0.3 is 15.4 Å². The molecule has 0 aliphatic rings. The summed E-state index contributed by atoms with van der Waals surface area (Å²) in [5.74, 6) is 0.402. The van der Waals surface area contributed by atoms with E-state index in [0.29, 0.717) is 11.6 Å². The molecule has 100 valence electrons. The molecular formula is C14H22N2O2. The number of carbonyl (C=O) groups is 1. The van der Waals surface area contributed by atoms with Crippen molar-refractivity contribution >= 4 is 11.8 Å². The van der Waals surface area contributed by atoms with Crippen molar-refractivity contribution in [1.82, 2.24) is 4.90 Å². The Morgan fingerprint density at radius 3 is 2.33 bits per heavy atom. The van der Waals surface area contributed by atoms with E-state index in [2.05, 4.69) is 13.8 Å². The number of rotatable bonds is 4. The van der Waals surface area contributed by atoms with Gasteiger partial charge in [0.1, 0.15) is 6.61 Å². The predicted octanol–water partition coefficient (Wildman–Crippen LogP) is 2.88. The summed E-state index contributed by atoms with van der Waals surface area (Å²) in [6.45, 7) is 6.44. The van der Waals surface area contributed by atoms with Crippen molar-refractivity contribution in [3.8, 4) is 0 Å². The van der Waals surface area contributed by atoms with Gasteiger partial charge >= 0.3 is 6.09 Å². The molecule has 0 aromatic heterocycles. The lowest BCUT2D eigenvalue weighted by molar-refractivity contribution is 0.0859. The van der Waals surface area contributed by atoms with Gasteiger partial charge in [-0.25, -0.2) is 4.79 Å². The van der Waals surface area contributed by atoms with Crippen LogP contribution in [0.15, 0.2) is 24.3 Å². The highest BCUT2D eigenvalue weighted by Gasteiger charge is 2.19. The van der Waals surface area contributed by atoms with E-state index in [4.69, 9.17) is 10.5 Å². The molecule has 0 saturated heterocycles. The Kier molecular flexibility index (Phi) is 5.01. The zero-order valence-corrected chi connectivity index (χ0v) is 11.5. The van der Waals surface area contributed by atoms with E-state index in [1.54, 1.807) is 24.1 Å². The molecule has 0 fully saturated rings. The Morgan fingerprint density at radius 2 is 1.83 bits per heavy atom. The maximum Gasteiger partial charge on any atom is 0.410 e. The standard InChI is InChI=1S/C14H22N2O2/c1-10(2)11(3)16(4)14(17)18-9-12-5-7-13(15)8-6-12/h5-8,10-11H,9,15H2,1-4H3. The molecule has 2 N–H and O–H groups in total. The molecule has 1 amide bonds. The number of nitrogens with zero attached hydrogens (tertiary/aromatic N) is 1. The first-order valence-corrected chi connectivity index (χ1v) is 6.15. The third-order valence-electron chi connectivity index (χ3n) is 3.21. The highest BCUT2D eigenvalue weighted by molar-refractivity contribution is 5.67. The van der Waals surface area contributed by atoms with Gasteiger partial charge in [-0.3, -0.25) is 0 Å². The van der Waals surface area contributed by atoms with E-state index in [1.165, 1.54) is 0 Å². The van der Waals surface area contributed by atoms with Gasteiger partial charge in [0, 0.05) is 18.8 Å². The molecule has 1 aromatic rings. The Hall–Kier alpha value is -1.71. The van der Waals surface area contributed by atoms with Gasteiger partial charge in [0.15, 0.2) is 0 Å². The van der Waals surface area contributed by atoms with Gasteiger partial charge in [-0.1, -0.05) is 26.0 Å². The average Bonchev–Trinajstić information content (AvgIpc) is 2.35. The molecule has 0 bridgehead atoms. The number of nitrogen functional groups attached to an aromatic ring is 1. The average molecular weight is 250 g/mol. The first kappa shape index (κ1) is 14.4. The molecule has 0 saturated carbocycles. The van der Waals surface area contributed by atoms with Crippen molar-refractivity contribution in [1.29, 1.82) is 0 Å². The van der Waals surface area contributed by atoms with Crippen LogP contribution in [0.5, 0.6) is 0 Å². The molecular weight excluding hydrogens is 228 g/mol. The van der Waals surface area contributed by atoms with Gasteiger partial charge in [0.25, 0.3) is 0 Å². The van der Waals surface area contributed by atoms with Crippen LogP contribution < -0.4 is 5.73 Å². The van der Waals surface area contributed by atoms with Gasteiger partial charge in [-0.15, -0.1) is 0 Å². The minimum atomic E-state index is -0.298. The topological polar surface area (TPSA) is 55.6 Å². The minimum absolute atomic E-state index is 0.156. The van der Waals surface area contributed by atoms with Crippen LogP contribution in [0.25, 0.3) is 0 Å². The van der Waals surface area contributed by atoms with Crippen LogP contribution in [-0.4, -0.2) is 24.1 Å². The molecule has 4 heteroatoms. The summed E-state index contributed by atoms with van der Waals surface area (Å²) < 4.78 is 5.25. The van der Waals surface area contributed by atoms with E-state index < -0.39 is 0 Å². The van der Waals surface area contributed by atoms with Crippen LogP contribution in [-0.2, 0) is 11.3 Å². The summed E-state index contributed by atoms with van der Waals surface area (Å²) in [5.41, 5.74) is 7.23. The summed E-state index contributed by atoms with van der Waals surface area (Å²) >= 11 is 0. The number of carbonyl (C=O) groups excluding carboxylic acids is 1. The van der Waals surface area contributed by atoms with Crippen molar-refractivity contribution in [2.45, 2.75) is 33.4 Å². The predicted molar refractivity (Wildman–Crippen MR) is 73.1 cm³/mol. The van der Waals surface area contributed by atoms with Crippen LogP contribution in [0.4, 0.5) is 10.5 Å². The summed E-state index contributed by atoms with van der Waals surface area (Å²) in [5, 5.41) is 0. The van der Waals surface area contributed by atoms with Crippen LogP contribution in [0.3, 0.4) is 0 Å². The molecule has 0 aliphatic heterocycles. The van der Waals surface area contributed by atoms with Gasteiger partial charge in [0.05, 0.1) is 0 Å². The zero-order chi connectivity index (χ0) is 13.7. The molecule has 4 nitrogen and oxygen atoms in total. The van der Waals surface area contributed by atoms with Crippen LogP contribution in [0, 0.1) is 5.92 Å². The van der Waals surface area contributed by atoms with Crippen LogP contribution in [0.2, 0.25) is 0 Å². The lowest BCUT2D eigenvalue weighted by atomic mass is 10.1. The largest absolute Gasteiger partial charge is 0.445 e. The number of anilines is 1. The third kappa shape index (κ3) is 3.95. The second-order valence-corrected chi connectivity index (χ2v) is 4.89. The van der Waals surface area contributed by atoms with Crippen molar-refractivity contribution in [2.75, 3.05) is 12.8 Å². The zero-order valence-electron chi connectivity index (χ0n) is 11.5. The first-order valence-electron chi connectivity index (χ1n) is 6.15. The first-order chi connectivity index (χ1) is 8.41. The van der Waals surface area contributed by atoms with Crippen molar-refractivity contribution in [3.63, 3.8) is 0 Å². The van der Waals surface area contributed by atoms with E-state index in [9.17, 15) is 4.79 Å². The number of hydrogen-bond donors (Lipinski definition) is 1. The van der Waals surface area contributed by atoms with E-state index in [1.807, 2.05) is 19.1 Å². The minimum Gasteiger partial charge on any atom is -0.445 e. The van der Waals surface area contributed by atoms with E-state index in [-0.39, 0.29) is 18.7 Å². The maximum atomic E-state index is 11.8. The number of hydrogen-bond acceptors (Lipinski definition) is 3. The molecule has 0 heterocycles.